The van der Waals surface area contributed by atoms with Crippen LogP contribution in [0.4, 0.5) is 0 Å². The first kappa shape index (κ1) is 22.4. The zero-order valence-corrected chi connectivity index (χ0v) is 20.0. The SMILES string of the molecule is CCN1CCN(C(c2cc3cc4c(cc3[nH]c2=O)OCCO4)c2nnnn2CC2CCCO2)CC1. The predicted molar refractivity (Wildman–Crippen MR) is 128 cm³/mol. The molecule has 1 aromatic carbocycles. The van der Waals surface area contributed by atoms with Gasteiger partial charge in [0.25, 0.3) is 5.56 Å². The number of nitrogens with zero attached hydrogens (tertiary/aromatic N) is 6. The minimum Gasteiger partial charge on any atom is -0.486 e. The van der Waals surface area contributed by atoms with Crippen LogP contribution < -0.4 is 15.0 Å². The number of hydrogen-bond donors (Lipinski definition) is 1. The predicted octanol–water partition coefficient (Wildman–Crippen LogP) is 1.19. The average molecular weight is 482 g/mol. The van der Waals surface area contributed by atoms with E-state index >= 15 is 0 Å². The molecular formula is C24H31N7O4. The Hall–Kier alpha value is -3.02. The van der Waals surface area contributed by atoms with Crippen molar-refractivity contribution >= 4 is 10.9 Å². The molecule has 11 nitrogen and oxygen atoms in total. The zero-order chi connectivity index (χ0) is 23.8. The third kappa shape index (κ3) is 4.39. The molecule has 35 heavy (non-hydrogen) atoms. The number of H-pyrrole nitrogens is 1. The van der Waals surface area contributed by atoms with Gasteiger partial charge in [0.1, 0.15) is 19.3 Å². The van der Waals surface area contributed by atoms with E-state index in [2.05, 4.69) is 37.2 Å². The van der Waals surface area contributed by atoms with Crippen molar-refractivity contribution in [3.8, 4) is 11.5 Å². The maximum atomic E-state index is 13.5. The van der Waals surface area contributed by atoms with Gasteiger partial charge in [0.05, 0.1) is 18.2 Å². The third-order valence-electron chi connectivity index (χ3n) is 7.25. The monoisotopic (exact) mass is 481 g/mol. The molecule has 0 aliphatic carbocycles. The fourth-order valence-corrected chi connectivity index (χ4v) is 5.32. The molecule has 2 unspecified atom stereocenters. The van der Waals surface area contributed by atoms with Gasteiger partial charge in [-0.05, 0) is 41.9 Å². The smallest absolute Gasteiger partial charge is 0.253 e. The van der Waals surface area contributed by atoms with E-state index in [1.54, 1.807) is 0 Å². The maximum absolute atomic E-state index is 13.5. The minimum atomic E-state index is -0.369. The van der Waals surface area contributed by atoms with E-state index in [-0.39, 0.29) is 17.7 Å². The van der Waals surface area contributed by atoms with Gasteiger partial charge in [0, 0.05) is 49.8 Å². The Bertz CT molecular complexity index is 1240. The van der Waals surface area contributed by atoms with Crippen molar-refractivity contribution in [1.29, 1.82) is 0 Å². The van der Waals surface area contributed by atoms with Crippen molar-refractivity contribution in [2.75, 3.05) is 52.5 Å². The number of nitrogens with one attached hydrogen (secondary N) is 1. The molecule has 3 aliphatic heterocycles. The molecule has 11 heteroatoms. The molecule has 2 aromatic heterocycles. The van der Waals surface area contributed by atoms with Crippen molar-refractivity contribution in [1.82, 2.24) is 35.0 Å². The molecule has 3 aliphatic rings. The topological polar surface area (TPSA) is 111 Å². The van der Waals surface area contributed by atoms with Crippen molar-refractivity contribution in [2.24, 2.45) is 0 Å². The number of aromatic amines is 1. The van der Waals surface area contributed by atoms with Crippen LogP contribution in [0.5, 0.6) is 11.5 Å². The van der Waals surface area contributed by atoms with Gasteiger partial charge in [-0.25, -0.2) is 4.68 Å². The van der Waals surface area contributed by atoms with Gasteiger partial charge in [-0.3, -0.25) is 9.69 Å². The minimum absolute atomic E-state index is 0.0911. The van der Waals surface area contributed by atoms with Gasteiger partial charge in [-0.1, -0.05) is 6.92 Å². The normalized spacial score (nSPS) is 22.0. The van der Waals surface area contributed by atoms with Crippen LogP contribution in [0.1, 0.15) is 37.2 Å². The van der Waals surface area contributed by atoms with Crippen LogP contribution in [0.15, 0.2) is 23.0 Å². The van der Waals surface area contributed by atoms with Crippen LogP contribution in [-0.2, 0) is 11.3 Å². The number of piperazine rings is 1. The lowest BCUT2D eigenvalue weighted by atomic mass is 10.0. The lowest BCUT2D eigenvalue weighted by molar-refractivity contribution is 0.0860. The number of rotatable bonds is 6. The summed E-state index contributed by atoms with van der Waals surface area (Å²) in [7, 11) is 0. The first-order valence-electron chi connectivity index (χ1n) is 12.5. The van der Waals surface area contributed by atoms with Crippen LogP contribution >= 0.6 is 0 Å². The van der Waals surface area contributed by atoms with Gasteiger partial charge >= 0.3 is 0 Å². The van der Waals surface area contributed by atoms with E-state index in [4.69, 9.17) is 14.2 Å². The zero-order valence-electron chi connectivity index (χ0n) is 20.0. The molecule has 0 amide bonds. The molecule has 0 saturated carbocycles. The number of likely N-dealkylation sites (N-methyl/N-ethyl adjacent to an activating group) is 1. The molecule has 5 heterocycles. The summed E-state index contributed by atoms with van der Waals surface area (Å²) in [4.78, 5) is 21.3. The molecule has 6 rings (SSSR count). The lowest BCUT2D eigenvalue weighted by Crippen LogP contribution is -2.49. The fraction of sp³-hybridized carbons (Fsp3) is 0.583. The van der Waals surface area contributed by atoms with Crippen molar-refractivity contribution < 1.29 is 14.2 Å². The van der Waals surface area contributed by atoms with Gasteiger partial charge in [-0.15, -0.1) is 5.10 Å². The number of benzene rings is 1. The van der Waals surface area contributed by atoms with Crippen LogP contribution in [0.25, 0.3) is 10.9 Å². The maximum Gasteiger partial charge on any atom is 0.253 e. The second kappa shape index (κ2) is 9.56. The van der Waals surface area contributed by atoms with E-state index in [1.165, 1.54) is 0 Å². The molecular weight excluding hydrogens is 450 g/mol. The summed E-state index contributed by atoms with van der Waals surface area (Å²) in [6.45, 7) is 9.07. The molecule has 0 bridgehead atoms. The summed E-state index contributed by atoms with van der Waals surface area (Å²) in [5, 5.41) is 13.6. The number of ether oxygens (including phenoxy) is 3. The van der Waals surface area contributed by atoms with Crippen LogP contribution in [-0.4, -0.2) is 93.6 Å². The number of fused-ring (bicyclic) bond motifs is 2. The first-order valence-corrected chi connectivity index (χ1v) is 12.5. The van der Waals surface area contributed by atoms with Gasteiger partial charge in [-0.2, -0.15) is 0 Å². The number of tetrazole rings is 1. The average Bonchev–Trinajstić information content (AvgIpc) is 3.57. The number of pyridine rings is 1. The largest absolute Gasteiger partial charge is 0.486 e. The Morgan fingerprint density at radius 3 is 2.63 bits per heavy atom. The third-order valence-corrected chi connectivity index (χ3v) is 7.25. The van der Waals surface area contributed by atoms with Crippen LogP contribution in [0.3, 0.4) is 0 Å². The Labute approximate surface area is 202 Å². The Balaban J connectivity index is 1.42. The molecule has 2 saturated heterocycles. The highest BCUT2D eigenvalue weighted by atomic mass is 16.6. The van der Waals surface area contributed by atoms with E-state index in [9.17, 15) is 4.79 Å². The van der Waals surface area contributed by atoms with Crippen LogP contribution in [0, 0.1) is 0 Å². The highest BCUT2D eigenvalue weighted by Gasteiger charge is 2.33. The molecule has 0 radical (unpaired) electrons. The highest BCUT2D eigenvalue weighted by molar-refractivity contribution is 5.83. The van der Waals surface area contributed by atoms with E-state index in [0.29, 0.717) is 42.6 Å². The quantitative estimate of drug-likeness (QED) is 0.555. The standard InChI is InChI=1S/C24H31N7O4/c1-2-29-5-7-30(8-6-29)22(23-26-27-28-31(23)15-17-4-3-9-33-17)18-12-16-13-20-21(35-11-10-34-20)14-19(16)25-24(18)32/h12-14,17,22H,2-11,15H2,1H3,(H,25,32). The molecule has 0 spiro atoms. The number of aromatic nitrogens is 5. The molecule has 2 atom stereocenters. The Kier molecular flexibility index (Phi) is 6.13. The van der Waals surface area contributed by atoms with E-state index in [0.717, 1.165) is 63.1 Å². The number of hydrogen-bond acceptors (Lipinski definition) is 9. The van der Waals surface area contributed by atoms with E-state index in [1.807, 2.05) is 22.9 Å². The summed E-state index contributed by atoms with van der Waals surface area (Å²) >= 11 is 0. The van der Waals surface area contributed by atoms with Crippen LogP contribution in [0.2, 0.25) is 0 Å². The summed E-state index contributed by atoms with van der Waals surface area (Å²) in [6, 6.07) is 5.36. The van der Waals surface area contributed by atoms with Crippen molar-refractivity contribution in [3.05, 3.63) is 39.9 Å². The molecule has 3 aromatic rings. The molecule has 1 N–H and O–H groups in total. The van der Waals surface area contributed by atoms with Gasteiger partial charge in [0.15, 0.2) is 17.3 Å². The van der Waals surface area contributed by atoms with Crippen molar-refractivity contribution in [3.63, 3.8) is 0 Å². The molecule has 186 valence electrons. The fourth-order valence-electron chi connectivity index (χ4n) is 5.32. The summed E-state index contributed by atoms with van der Waals surface area (Å²) in [5.41, 5.74) is 1.20. The summed E-state index contributed by atoms with van der Waals surface area (Å²) in [5.74, 6) is 2.02. The first-order chi connectivity index (χ1) is 17.2. The molecule has 2 fully saturated rings. The van der Waals surface area contributed by atoms with E-state index < -0.39 is 0 Å². The lowest BCUT2D eigenvalue weighted by Gasteiger charge is -2.38. The van der Waals surface area contributed by atoms with Crippen molar-refractivity contribution in [2.45, 2.75) is 38.5 Å². The second-order valence-corrected chi connectivity index (χ2v) is 9.36. The Morgan fingerprint density at radius 1 is 1.09 bits per heavy atom. The summed E-state index contributed by atoms with van der Waals surface area (Å²) < 4.78 is 19.2. The summed E-state index contributed by atoms with van der Waals surface area (Å²) in [6.07, 6.45) is 2.13. The van der Waals surface area contributed by atoms with Gasteiger partial charge < -0.3 is 24.1 Å². The second-order valence-electron chi connectivity index (χ2n) is 9.36. The Morgan fingerprint density at radius 2 is 1.89 bits per heavy atom. The highest BCUT2D eigenvalue weighted by Crippen LogP contribution is 2.35. The van der Waals surface area contributed by atoms with Gasteiger partial charge in [0.2, 0.25) is 0 Å².